The molecule has 3 rings (SSSR count). The predicted molar refractivity (Wildman–Crippen MR) is 88.6 cm³/mol. The second-order valence-corrected chi connectivity index (χ2v) is 6.82. The number of anilines is 3. The SMILES string of the molecule is CC(C)Sc1nc(N)c2c(n1)N(Cc1ccccc1)CN2. The maximum absolute atomic E-state index is 6.05. The molecule has 0 unspecified atom stereocenters. The first-order valence-corrected chi connectivity index (χ1v) is 7.88. The van der Waals surface area contributed by atoms with Crippen molar-refractivity contribution in [1.29, 1.82) is 0 Å². The Morgan fingerprint density at radius 1 is 1.29 bits per heavy atom. The van der Waals surface area contributed by atoms with Gasteiger partial charge in [-0.1, -0.05) is 55.9 Å². The lowest BCUT2D eigenvalue weighted by molar-refractivity contribution is 0.838. The quantitative estimate of drug-likeness (QED) is 0.668. The van der Waals surface area contributed by atoms with Crippen LogP contribution in [0.5, 0.6) is 0 Å². The van der Waals surface area contributed by atoms with Crippen LogP contribution in [-0.4, -0.2) is 21.9 Å². The van der Waals surface area contributed by atoms with E-state index in [0.29, 0.717) is 17.7 Å². The zero-order chi connectivity index (χ0) is 14.8. The van der Waals surface area contributed by atoms with Crippen molar-refractivity contribution >= 4 is 29.1 Å². The summed E-state index contributed by atoms with van der Waals surface area (Å²) in [6.07, 6.45) is 0. The number of benzene rings is 1. The van der Waals surface area contributed by atoms with Crippen LogP contribution < -0.4 is 16.0 Å². The van der Waals surface area contributed by atoms with Gasteiger partial charge in [0, 0.05) is 11.8 Å². The van der Waals surface area contributed by atoms with E-state index in [1.807, 2.05) is 18.2 Å². The first-order chi connectivity index (χ1) is 10.1. The third-order valence-electron chi connectivity index (χ3n) is 3.20. The average molecular weight is 301 g/mol. The molecule has 3 N–H and O–H groups in total. The van der Waals surface area contributed by atoms with E-state index in [0.717, 1.165) is 23.2 Å². The van der Waals surface area contributed by atoms with Crippen molar-refractivity contribution in [3.8, 4) is 0 Å². The number of hydrogen-bond acceptors (Lipinski definition) is 6. The van der Waals surface area contributed by atoms with E-state index in [4.69, 9.17) is 5.73 Å². The van der Waals surface area contributed by atoms with Gasteiger partial charge in [-0.15, -0.1) is 0 Å². The number of hydrogen-bond donors (Lipinski definition) is 2. The maximum Gasteiger partial charge on any atom is 0.191 e. The van der Waals surface area contributed by atoms with E-state index in [1.54, 1.807) is 11.8 Å². The minimum Gasteiger partial charge on any atom is -0.382 e. The van der Waals surface area contributed by atoms with Gasteiger partial charge in [0.2, 0.25) is 0 Å². The number of nitrogens with two attached hydrogens (primary N) is 1. The lowest BCUT2D eigenvalue weighted by Crippen LogP contribution is -2.22. The van der Waals surface area contributed by atoms with Crippen LogP contribution in [0.25, 0.3) is 0 Å². The van der Waals surface area contributed by atoms with Crippen LogP contribution in [0.2, 0.25) is 0 Å². The Kier molecular flexibility index (Phi) is 3.88. The molecule has 21 heavy (non-hydrogen) atoms. The molecule has 0 fully saturated rings. The maximum atomic E-state index is 6.05. The normalized spacial score (nSPS) is 13.4. The Morgan fingerprint density at radius 3 is 2.76 bits per heavy atom. The van der Waals surface area contributed by atoms with Crippen LogP contribution in [0.1, 0.15) is 19.4 Å². The Hall–Kier alpha value is -1.95. The van der Waals surface area contributed by atoms with Crippen LogP contribution in [0.4, 0.5) is 17.3 Å². The molecule has 0 saturated carbocycles. The molecule has 0 radical (unpaired) electrons. The molecule has 1 aromatic carbocycles. The van der Waals surface area contributed by atoms with Crippen molar-refractivity contribution < 1.29 is 0 Å². The fourth-order valence-corrected chi connectivity index (χ4v) is 3.00. The van der Waals surface area contributed by atoms with E-state index >= 15 is 0 Å². The molecule has 0 aliphatic carbocycles. The lowest BCUT2D eigenvalue weighted by Gasteiger charge is -2.17. The van der Waals surface area contributed by atoms with E-state index < -0.39 is 0 Å². The Bertz CT molecular complexity index is 629. The second-order valence-electron chi connectivity index (χ2n) is 5.28. The van der Waals surface area contributed by atoms with Gasteiger partial charge in [0.1, 0.15) is 5.69 Å². The number of aromatic nitrogens is 2. The first-order valence-electron chi connectivity index (χ1n) is 7.00. The minimum absolute atomic E-state index is 0.430. The molecule has 110 valence electrons. The van der Waals surface area contributed by atoms with Gasteiger partial charge in [-0.2, -0.15) is 0 Å². The van der Waals surface area contributed by atoms with Crippen LogP contribution in [-0.2, 0) is 6.54 Å². The molecular formula is C15H19N5S. The number of rotatable bonds is 4. The van der Waals surface area contributed by atoms with Crippen LogP contribution in [0.15, 0.2) is 35.5 Å². The van der Waals surface area contributed by atoms with E-state index in [2.05, 4.69) is 46.2 Å². The number of thioether (sulfide) groups is 1. The van der Waals surface area contributed by atoms with Crippen molar-refractivity contribution in [2.45, 2.75) is 30.8 Å². The third-order valence-corrected chi connectivity index (χ3v) is 4.07. The molecule has 2 aromatic rings. The summed E-state index contributed by atoms with van der Waals surface area (Å²) in [5.41, 5.74) is 8.15. The summed E-state index contributed by atoms with van der Waals surface area (Å²) in [6, 6.07) is 10.4. The average Bonchev–Trinajstić information content (AvgIpc) is 2.83. The van der Waals surface area contributed by atoms with Gasteiger partial charge < -0.3 is 16.0 Å². The largest absolute Gasteiger partial charge is 0.382 e. The van der Waals surface area contributed by atoms with Crippen LogP contribution in [0.3, 0.4) is 0 Å². The molecule has 2 heterocycles. The number of nitrogens with zero attached hydrogens (tertiary/aromatic N) is 3. The zero-order valence-electron chi connectivity index (χ0n) is 12.2. The highest BCUT2D eigenvalue weighted by Crippen LogP contribution is 2.36. The van der Waals surface area contributed by atoms with Crippen LogP contribution in [0, 0.1) is 0 Å². The molecule has 0 atom stereocenters. The summed E-state index contributed by atoms with van der Waals surface area (Å²) in [7, 11) is 0. The standard InChI is InChI=1S/C15H19N5S/c1-10(2)21-15-18-13(16)12-14(19-15)20(9-17-12)8-11-6-4-3-5-7-11/h3-7,10,17H,8-9H2,1-2H3,(H2,16,18,19). The van der Waals surface area contributed by atoms with Gasteiger partial charge in [-0.3, -0.25) is 0 Å². The predicted octanol–water partition coefficient (Wildman–Crippen LogP) is 2.95. The highest BCUT2D eigenvalue weighted by Gasteiger charge is 2.24. The van der Waals surface area contributed by atoms with Gasteiger partial charge in [-0.05, 0) is 5.56 Å². The second kappa shape index (κ2) is 5.81. The summed E-state index contributed by atoms with van der Waals surface area (Å²) in [4.78, 5) is 11.2. The highest BCUT2D eigenvalue weighted by atomic mass is 32.2. The monoisotopic (exact) mass is 301 g/mol. The van der Waals surface area contributed by atoms with Gasteiger partial charge in [0.05, 0.1) is 6.67 Å². The minimum atomic E-state index is 0.430. The van der Waals surface area contributed by atoms with Gasteiger partial charge in [0.25, 0.3) is 0 Å². The molecular weight excluding hydrogens is 282 g/mol. The van der Waals surface area contributed by atoms with Crippen molar-refractivity contribution in [1.82, 2.24) is 9.97 Å². The van der Waals surface area contributed by atoms with Crippen molar-refractivity contribution in [2.24, 2.45) is 0 Å². The molecule has 0 spiro atoms. The summed E-state index contributed by atoms with van der Waals surface area (Å²) in [5.74, 6) is 1.42. The molecule has 0 amide bonds. The third kappa shape index (κ3) is 3.05. The Balaban J connectivity index is 1.88. The molecule has 0 bridgehead atoms. The van der Waals surface area contributed by atoms with E-state index in [9.17, 15) is 0 Å². The fourth-order valence-electron chi connectivity index (χ4n) is 2.29. The summed E-state index contributed by atoms with van der Waals surface area (Å²) < 4.78 is 0. The van der Waals surface area contributed by atoms with Crippen molar-refractivity contribution in [2.75, 3.05) is 22.6 Å². The summed E-state index contributed by atoms with van der Waals surface area (Å²) >= 11 is 1.63. The van der Waals surface area contributed by atoms with Crippen LogP contribution >= 0.6 is 11.8 Å². The highest BCUT2D eigenvalue weighted by molar-refractivity contribution is 7.99. The summed E-state index contributed by atoms with van der Waals surface area (Å²) in [5, 5.41) is 4.45. The number of nitrogens with one attached hydrogen (secondary N) is 1. The lowest BCUT2D eigenvalue weighted by atomic mass is 10.2. The van der Waals surface area contributed by atoms with Crippen molar-refractivity contribution in [3.63, 3.8) is 0 Å². The van der Waals surface area contributed by atoms with Crippen molar-refractivity contribution in [3.05, 3.63) is 35.9 Å². The molecule has 6 heteroatoms. The smallest absolute Gasteiger partial charge is 0.191 e. The Labute approximate surface area is 129 Å². The molecule has 5 nitrogen and oxygen atoms in total. The zero-order valence-corrected chi connectivity index (χ0v) is 13.0. The first kappa shape index (κ1) is 14.0. The van der Waals surface area contributed by atoms with Gasteiger partial charge in [-0.25, -0.2) is 9.97 Å². The Morgan fingerprint density at radius 2 is 2.05 bits per heavy atom. The molecule has 1 aliphatic rings. The van der Waals surface area contributed by atoms with E-state index in [1.165, 1.54) is 5.56 Å². The van der Waals surface area contributed by atoms with E-state index in [-0.39, 0.29) is 0 Å². The summed E-state index contributed by atoms with van der Waals surface area (Å²) in [6.45, 7) is 5.76. The molecule has 0 saturated heterocycles. The van der Waals surface area contributed by atoms with Gasteiger partial charge in [0.15, 0.2) is 16.8 Å². The number of fused-ring (bicyclic) bond motifs is 1. The molecule has 1 aliphatic heterocycles. The molecule has 1 aromatic heterocycles. The topological polar surface area (TPSA) is 67.1 Å². The number of nitrogen functional groups attached to an aromatic ring is 1. The fraction of sp³-hybridized carbons (Fsp3) is 0.333. The van der Waals surface area contributed by atoms with Gasteiger partial charge >= 0.3 is 0 Å².